The Bertz CT molecular complexity index is 1380. The monoisotopic (exact) mass is 462 g/mol. The van der Waals surface area contributed by atoms with Crippen molar-refractivity contribution in [2.24, 2.45) is 14.1 Å². The lowest BCUT2D eigenvalue weighted by atomic mass is 9.93. The zero-order chi connectivity index (χ0) is 23.8. The van der Waals surface area contributed by atoms with E-state index in [2.05, 4.69) is 38.2 Å². The van der Waals surface area contributed by atoms with Crippen molar-refractivity contribution in [2.75, 3.05) is 11.9 Å². The van der Waals surface area contributed by atoms with Gasteiger partial charge in [-0.3, -0.25) is 14.2 Å². The van der Waals surface area contributed by atoms with Crippen molar-refractivity contribution in [3.63, 3.8) is 0 Å². The van der Waals surface area contributed by atoms with Crippen molar-refractivity contribution in [3.8, 4) is 17.1 Å². The lowest BCUT2D eigenvalue weighted by Crippen LogP contribution is -2.28. The summed E-state index contributed by atoms with van der Waals surface area (Å²) in [5.74, 6) is 1.39. The molecule has 4 aromatic heterocycles. The van der Waals surface area contributed by atoms with Crippen LogP contribution >= 0.6 is 0 Å². The van der Waals surface area contributed by atoms with E-state index >= 15 is 0 Å². The van der Waals surface area contributed by atoms with E-state index in [-0.39, 0.29) is 17.7 Å². The summed E-state index contributed by atoms with van der Waals surface area (Å²) in [7, 11) is 3.55. The van der Waals surface area contributed by atoms with Gasteiger partial charge in [-0.25, -0.2) is 9.67 Å². The van der Waals surface area contributed by atoms with Gasteiger partial charge in [-0.1, -0.05) is 0 Å². The maximum Gasteiger partial charge on any atom is 0.266 e. The second-order valence-corrected chi connectivity index (χ2v) is 8.96. The van der Waals surface area contributed by atoms with Gasteiger partial charge >= 0.3 is 0 Å². The van der Waals surface area contributed by atoms with Crippen molar-refractivity contribution in [1.82, 2.24) is 34.3 Å². The number of pyridine rings is 1. The third kappa shape index (κ3) is 4.15. The van der Waals surface area contributed by atoms with Gasteiger partial charge in [-0.15, -0.1) is 5.10 Å². The second kappa shape index (κ2) is 8.92. The molecule has 1 aliphatic rings. The number of nitrogens with one attached hydrogen (secondary N) is 1. The van der Waals surface area contributed by atoms with Crippen LogP contribution in [0.1, 0.15) is 44.2 Å². The Balaban J connectivity index is 1.40. The van der Waals surface area contributed by atoms with Gasteiger partial charge < -0.3 is 10.1 Å². The molecule has 1 N–H and O–H groups in total. The molecule has 1 saturated carbocycles. The van der Waals surface area contributed by atoms with Crippen LogP contribution in [0.5, 0.6) is 5.88 Å². The molecule has 4 aromatic rings. The van der Waals surface area contributed by atoms with Gasteiger partial charge in [-0.05, 0) is 39.5 Å². The molecule has 0 atom stereocenters. The van der Waals surface area contributed by atoms with Crippen molar-refractivity contribution < 1.29 is 4.74 Å². The Morgan fingerprint density at radius 1 is 1.12 bits per heavy atom. The third-order valence-electron chi connectivity index (χ3n) is 6.43. The predicted molar refractivity (Wildman–Crippen MR) is 130 cm³/mol. The van der Waals surface area contributed by atoms with E-state index in [1.807, 2.05) is 32.6 Å². The zero-order valence-corrected chi connectivity index (χ0v) is 20.0. The fourth-order valence-corrected chi connectivity index (χ4v) is 4.63. The van der Waals surface area contributed by atoms with E-state index in [4.69, 9.17) is 9.84 Å². The van der Waals surface area contributed by atoms with Gasteiger partial charge in [0.25, 0.3) is 5.56 Å². The third-order valence-corrected chi connectivity index (χ3v) is 6.43. The summed E-state index contributed by atoms with van der Waals surface area (Å²) < 4.78 is 11.5. The molecule has 0 spiro atoms. The second-order valence-electron chi connectivity index (χ2n) is 8.96. The molecule has 1 fully saturated rings. The number of hydrogen-bond donors (Lipinski definition) is 1. The fraction of sp³-hybridized carbons (Fsp3) is 0.458. The van der Waals surface area contributed by atoms with Crippen LogP contribution in [-0.4, -0.2) is 47.0 Å². The topological polar surface area (TPSA) is 105 Å². The van der Waals surface area contributed by atoms with E-state index < -0.39 is 0 Å². The molecule has 0 unspecified atom stereocenters. The van der Waals surface area contributed by atoms with Gasteiger partial charge in [-0.2, -0.15) is 10.2 Å². The van der Waals surface area contributed by atoms with Crippen molar-refractivity contribution >= 4 is 16.7 Å². The van der Waals surface area contributed by atoms with Crippen LogP contribution in [0.15, 0.2) is 35.5 Å². The Morgan fingerprint density at radius 2 is 1.91 bits per heavy atom. The van der Waals surface area contributed by atoms with Crippen LogP contribution < -0.4 is 15.6 Å². The number of aromatic nitrogens is 7. The largest absolute Gasteiger partial charge is 0.473 e. The van der Waals surface area contributed by atoms with Crippen LogP contribution in [0.4, 0.5) is 5.82 Å². The summed E-state index contributed by atoms with van der Waals surface area (Å²) in [6.07, 6.45) is 9.47. The van der Waals surface area contributed by atoms with Crippen molar-refractivity contribution in [1.29, 1.82) is 0 Å². The molecule has 0 amide bonds. The van der Waals surface area contributed by atoms with E-state index in [0.29, 0.717) is 5.88 Å². The summed E-state index contributed by atoms with van der Waals surface area (Å²) >= 11 is 0. The Labute approximate surface area is 197 Å². The van der Waals surface area contributed by atoms with Crippen molar-refractivity contribution in [2.45, 2.75) is 51.7 Å². The molecule has 1 aliphatic carbocycles. The van der Waals surface area contributed by atoms with E-state index in [1.54, 1.807) is 17.8 Å². The predicted octanol–water partition coefficient (Wildman–Crippen LogP) is 3.23. The van der Waals surface area contributed by atoms with E-state index in [1.165, 1.54) is 4.68 Å². The Hall–Kier alpha value is -3.69. The minimum atomic E-state index is -0.130. The number of fused-ring (bicyclic) bond motifs is 1. The summed E-state index contributed by atoms with van der Waals surface area (Å²) in [6, 6.07) is 3.92. The first-order valence-electron chi connectivity index (χ1n) is 11.8. The highest BCUT2D eigenvalue weighted by Gasteiger charge is 2.27. The van der Waals surface area contributed by atoms with E-state index in [9.17, 15) is 4.79 Å². The van der Waals surface area contributed by atoms with Crippen LogP contribution in [0.25, 0.3) is 22.2 Å². The normalized spacial score (nSPS) is 18.4. The van der Waals surface area contributed by atoms with Crippen LogP contribution in [0.3, 0.4) is 0 Å². The SMILES string of the molecule is CCNc1cc2c(cn1)c(-c1cnn(C)c1)nn2[C@H]1CC[C@@H](Oc2nn(C)c(=O)cc2C)CC1. The number of nitrogens with zero attached hydrogens (tertiary/aromatic N) is 7. The number of ether oxygens (including phenoxy) is 1. The first-order valence-corrected chi connectivity index (χ1v) is 11.8. The Morgan fingerprint density at radius 3 is 2.62 bits per heavy atom. The summed E-state index contributed by atoms with van der Waals surface area (Å²) in [6.45, 7) is 4.73. The average Bonchev–Trinajstić information content (AvgIpc) is 3.41. The number of anilines is 1. The molecule has 0 aromatic carbocycles. The van der Waals surface area contributed by atoms with Gasteiger partial charge in [0, 0.05) is 61.7 Å². The molecule has 0 bridgehead atoms. The van der Waals surface area contributed by atoms with E-state index in [0.717, 1.165) is 65.8 Å². The number of rotatable bonds is 6. The highest BCUT2D eigenvalue weighted by molar-refractivity contribution is 5.93. The molecule has 178 valence electrons. The highest BCUT2D eigenvalue weighted by Crippen LogP contribution is 2.36. The van der Waals surface area contributed by atoms with Gasteiger partial charge in [0.2, 0.25) is 5.88 Å². The Kier molecular flexibility index (Phi) is 5.80. The summed E-state index contributed by atoms with van der Waals surface area (Å²) in [4.78, 5) is 16.4. The molecule has 5 rings (SSSR count). The molecule has 0 saturated heterocycles. The lowest BCUT2D eigenvalue weighted by molar-refractivity contribution is 0.122. The van der Waals surface area contributed by atoms with Gasteiger partial charge in [0.15, 0.2) is 0 Å². The molecular formula is C24H30N8O2. The smallest absolute Gasteiger partial charge is 0.266 e. The van der Waals surface area contributed by atoms with Gasteiger partial charge in [0.1, 0.15) is 17.6 Å². The van der Waals surface area contributed by atoms with Crippen LogP contribution in [-0.2, 0) is 14.1 Å². The molecule has 10 nitrogen and oxygen atoms in total. The zero-order valence-electron chi connectivity index (χ0n) is 20.0. The minimum absolute atomic E-state index is 0.0681. The molecule has 0 aliphatic heterocycles. The van der Waals surface area contributed by atoms with Crippen LogP contribution in [0.2, 0.25) is 0 Å². The minimum Gasteiger partial charge on any atom is -0.473 e. The highest BCUT2D eigenvalue weighted by atomic mass is 16.5. The first-order chi connectivity index (χ1) is 16.4. The molecule has 0 radical (unpaired) electrons. The van der Waals surface area contributed by atoms with Crippen molar-refractivity contribution in [3.05, 3.63) is 46.6 Å². The summed E-state index contributed by atoms with van der Waals surface area (Å²) in [5, 5.41) is 18.0. The summed E-state index contributed by atoms with van der Waals surface area (Å²) in [5.41, 5.74) is 3.60. The molecular weight excluding hydrogens is 432 g/mol. The maximum atomic E-state index is 11.8. The average molecular weight is 463 g/mol. The maximum absolute atomic E-state index is 11.8. The van der Waals surface area contributed by atoms with Gasteiger partial charge in [0.05, 0.1) is 17.8 Å². The fourth-order valence-electron chi connectivity index (χ4n) is 4.63. The number of hydrogen-bond acceptors (Lipinski definition) is 7. The lowest BCUT2D eigenvalue weighted by Gasteiger charge is -2.29. The number of aryl methyl sites for hydroxylation is 3. The molecule has 4 heterocycles. The van der Waals surface area contributed by atoms with Crippen LogP contribution in [0, 0.1) is 6.92 Å². The quantitative estimate of drug-likeness (QED) is 0.469. The molecule has 10 heteroatoms. The first kappa shape index (κ1) is 22.1. The molecule has 34 heavy (non-hydrogen) atoms. The standard InChI is InChI=1S/C24H30N8O2/c1-5-25-21-11-20-19(13-26-21)23(16-12-27-30(3)14-16)28-32(20)17-6-8-18(9-7-17)34-24-15(2)10-22(33)31(4)29-24/h10-14,17-18H,5-9H2,1-4H3,(H,25,26)/t17-,18+.